The standard InChI is InChI=1S/C49H59N9O13/c1-7-32-33-22-31(16-17-37(33)54-41-34(32)24-58-39(41)23-36-35(44(58)63)26-69-45(64)49(36,68)8-2)71-48(67)57(6)21-20-56(5)47(66)70-25-29-12-14-30(15-13-29)53-43(62)38(10-9-19-51-46(50)65)55-42(61)28(4)52-40(60)18-11-27(3)59/h12-17,22-23,28,38,68H,7-11,18-21,24-26H2,1-6H3,(H,52,60)(H,53,62)(H,55,61)(H3,50,51,65)/t28-,38-,49-/m0/s1. The number of carbonyl (C=O) groups excluding carboxylic acids is 8. The summed E-state index contributed by atoms with van der Waals surface area (Å²) in [4.78, 5) is 121. The van der Waals surface area contributed by atoms with E-state index in [4.69, 9.17) is 24.9 Å². The SMILES string of the molecule is CCc1c2c(nc3ccc(OC(=O)N(C)CCN(C)C(=O)OCc4ccc(NC(=O)[C@H](CCCNC(N)=O)NC(=O)[C@H](C)NC(=O)CCC(C)=O)cc4)cc13)-c1cc3c(c(=O)n1C2)COC(=O)[C@]3(O)CC. The Morgan fingerprint density at radius 1 is 0.930 bits per heavy atom. The first-order chi connectivity index (χ1) is 33.7. The molecular formula is C49H59N9O13. The van der Waals surface area contributed by atoms with Crippen molar-refractivity contribution in [3.8, 4) is 17.1 Å². The lowest BCUT2D eigenvalue weighted by atomic mass is 9.86. The summed E-state index contributed by atoms with van der Waals surface area (Å²) in [6.45, 7) is 6.64. The van der Waals surface area contributed by atoms with Crippen LogP contribution in [0.3, 0.4) is 0 Å². The molecule has 3 atom stereocenters. The van der Waals surface area contributed by atoms with E-state index in [-0.39, 0.29) is 99.7 Å². The summed E-state index contributed by atoms with van der Waals surface area (Å²) >= 11 is 0. The zero-order valence-corrected chi connectivity index (χ0v) is 40.5. The maximum atomic E-state index is 13.7. The number of anilines is 1. The molecule has 6 rings (SSSR count). The zero-order chi connectivity index (χ0) is 51.7. The van der Waals surface area contributed by atoms with Gasteiger partial charge in [0.25, 0.3) is 5.56 Å². The molecule has 4 heterocycles. The van der Waals surface area contributed by atoms with Crippen LogP contribution in [0.4, 0.5) is 20.1 Å². The molecular weight excluding hydrogens is 923 g/mol. The Kier molecular flexibility index (Phi) is 16.8. The number of amides is 7. The Bertz CT molecular complexity index is 2810. The minimum Gasteiger partial charge on any atom is -0.458 e. The molecule has 0 aliphatic carbocycles. The number of ether oxygens (including phenoxy) is 3. The van der Waals surface area contributed by atoms with Crippen molar-refractivity contribution in [1.82, 2.24) is 35.3 Å². The number of aliphatic hydroxyl groups is 1. The fourth-order valence-electron chi connectivity index (χ4n) is 8.19. The van der Waals surface area contributed by atoms with Crippen LogP contribution in [0.5, 0.6) is 5.75 Å². The molecule has 71 heavy (non-hydrogen) atoms. The number of likely N-dealkylation sites (N-methyl/N-ethyl adjacent to an activating group) is 2. The Balaban J connectivity index is 0.997. The summed E-state index contributed by atoms with van der Waals surface area (Å²) in [6.07, 6.45) is -0.400. The summed E-state index contributed by atoms with van der Waals surface area (Å²) in [5, 5.41) is 22.2. The summed E-state index contributed by atoms with van der Waals surface area (Å²) in [5.74, 6) is -2.41. The predicted molar refractivity (Wildman–Crippen MR) is 257 cm³/mol. The van der Waals surface area contributed by atoms with Gasteiger partial charge >= 0.3 is 24.2 Å². The number of pyridine rings is 2. The first kappa shape index (κ1) is 52.5. The summed E-state index contributed by atoms with van der Waals surface area (Å²) in [5.41, 5.74) is 7.61. The van der Waals surface area contributed by atoms with Crippen molar-refractivity contribution in [2.45, 2.75) is 104 Å². The molecule has 2 aromatic heterocycles. The van der Waals surface area contributed by atoms with E-state index in [0.717, 1.165) is 16.5 Å². The number of nitrogens with zero attached hydrogens (tertiary/aromatic N) is 4. The molecule has 0 unspecified atom stereocenters. The number of fused-ring (bicyclic) bond motifs is 5. The van der Waals surface area contributed by atoms with Crippen molar-refractivity contribution in [3.63, 3.8) is 0 Å². The second-order valence-electron chi connectivity index (χ2n) is 17.5. The van der Waals surface area contributed by atoms with Crippen molar-refractivity contribution in [3.05, 3.63) is 86.7 Å². The highest BCUT2D eigenvalue weighted by molar-refractivity contribution is 5.98. The van der Waals surface area contributed by atoms with Gasteiger partial charge in [-0.15, -0.1) is 0 Å². The topological polar surface area (TPSA) is 300 Å². The molecule has 0 fully saturated rings. The number of carbonyl (C=O) groups is 8. The smallest absolute Gasteiger partial charge is 0.415 e. The second kappa shape index (κ2) is 22.7. The summed E-state index contributed by atoms with van der Waals surface area (Å²) in [6, 6.07) is 10.3. The molecule has 22 heteroatoms. The van der Waals surface area contributed by atoms with Crippen LogP contribution in [0.2, 0.25) is 0 Å². The average Bonchev–Trinajstić information content (AvgIpc) is 3.71. The van der Waals surface area contributed by atoms with Crippen LogP contribution < -0.4 is 37.3 Å². The molecule has 4 aromatic rings. The maximum Gasteiger partial charge on any atom is 0.415 e. The van der Waals surface area contributed by atoms with Gasteiger partial charge in [0.2, 0.25) is 17.7 Å². The van der Waals surface area contributed by atoms with E-state index in [9.17, 15) is 48.3 Å². The first-order valence-electron chi connectivity index (χ1n) is 23.2. The number of ketones is 1. The number of benzene rings is 2. The van der Waals surface area contributed by atoms with Crippen LogP contribution in [0.1, 0.15) is 87.6 Å². The highest BCUT2D eigenvalue weighted by Crippen LogP contribution is 2.41. The van der Waals surface area contributed by atoms with E-state index in [2.05, 4.69) is 21.3 Å². The van der Waals surface area contributed by atoms with E-state index >= 15 is 0 Å². The van der Waals surface area contributed by atoms with Crippen LogP contribution in [0, 0.1) is 0 Å². The highest BCUT2D eigenvalue weighted by Gasteiger charge is 2.45. The van der Waals surface area contributed by atoms with Crippen molar-refractivity contribution in [2.75, 3.05) is 39.0 Å². The van der Waals surface area contributed by atoms with Gasteiger partial charge in [-0.25, -0.2) is 24.2 Å². The fraction of sp³-hybridized carbons (Fsp3) is 0.429. The van der Waals surface area contributed by atoms with E-state index in [1.54, 1.807) is 60.0 Å². The molecule has 2 aliphatic rings. The highest BCUT2D eigenvalue weighted by atomic mass is 16.6. The number of hydrogen-bond donors (Lipinski definition) is 6. The number of nitrogens with one attached hydrogen (secondary N) is 4. The molecule has 7 amide bonds. The first-order valence-corrected chi connectivity index (χ1v) is 23.2. The van der Waals surface area contributed by atoms with Crippen molar-refractivity contribution in [2.24, 2.45) is 5.73 Å². The number of aromatic nitrogens is 2. The average molecular weight is 982 g/mol. The summed E-state index contributed by atoms with van der Waals surface area (Å²) in [7, 11) is 3.04. The number of cyclic esters (lactones) is 1. The number of Topliss-reactive ketones (excluding diaryl/α,β-unsaturated/α-hetero) is 1. The van der Waals surface area contributed by atoms with Crippen LogP contribution in [-0.2, 0) is 65.2 Å². The molecule has 0 spiro atoms. The van der Waals surface area contributed by atoms with E-state index in [0.29, 0.717) is 34.6 Å². The van der Waals surface area contributed by atoms with Gasteiger partial charge in [-0.2, -0.15) is 0 Å². The molecule has 0 radical (unpaired) electrons. The van der Waals surface area contributed by atoms with Crippen LogP contribution in [0.25, 0.3) is 22.3 Å². The van der Waals surface area contributed by atoms with Gasteiger partial charge in [0.05, 0.1) is 29.0 Å². The molecule has 7 N–H and O–H groups in total. The minimum absolute atomic E-state index is 0.0253. The van der Waals surface area contributed by atoms with E-state index in [1.165, 1.54) is 37.7 Å². The lowest BCUT2D eigenvalue weighted by Gasteiger charge is -2.31. The Morgan fingerprint density at radius 2 is 1.63 bits per heavy atom. The Hall–Kier alpha value is -7.88. The number of nitrogens with two attached hydrogens (primary N) is 1. The molecule has 22 nitrogen and oxygen atoms in total. The van der Waals surface area contributed by atoms with Crippen molar-refractivity contribution in [1.29, 1.82) is 0 Å². The van der Waals surface area contributed by atoms with E-state index < -0.39 is 59.6 Å². The van der Waals surface area contributed by atoms with Gasteiger partial charge in [0, 0.05) is 68.8 Å². The molecule has 378 valence electrons. The Morgan fingerprint density at radius 3 is 2.30 bits per heavy atom. The Labute approximate surface area is 408 Å². The van der Waals surface area contributed by atoms with Crippen LogP contribution >= 0.6 is 0 Å². The van der Waals surface area contributed by atoms with Gasteiger partial charge in [0.1, 0.15) is 36.8 Å². The van der Waals surface area contributed by atoms with Gasteiger partial charge in [-0.05, 0) is 87.1 Å². The largest absolute Gasteiger partial charge is 0.458 e. The molecule has 0 saturated heterocycles. The third-order valence-electron chi connectivity index (χ3n) is 12.4. The zero-order valence-electron chi connectivity index (χ0n) is 40.5. The third-order valence-corrected chi connectivity index (χ3v) is 12.4. The van der Waals surface area contributed by atoms with Crippen molar-refractivity contribution >= 4 is 64.3 Å². The van der Waals surface area contributed by atoms with Crippen molar-refractivity contribution < 1.29 is 57.7 Å². The number of urea groups is 1. The monoisotopic (exact) mass is 981 g/mol. The normalized spacial score (nSPS) is 15.2. The van der Waals surface area contributed by atoms with Gasteiger partial charge in [-0.3, -0.25) is 19.2 Å². The third kappa shape index (κ3) is 12.3. The number of primary amides is 1. The fourth-order valence-corrected chi connectivity index (χ4v) is 8.19. The van der Waals surface area contributed by atoms with E-state index in [1.807, 2.05) is 6.92 Å². The lowest BCUT2D eigenvalue weighted by Crippen LogP contribution is -2.51. The maximum absolute atomic E-state index is 13.7. The number of aryl methyl sites for hydroxylation is 1. The minimum atomic E-state index is -1.95. The van der Waals surface area contributed by atoms with Gasteiger partial charge in [-0.1, -0.05) is 26.0 Å². The molecule has 2 aliphatic heterocycles. The molecule has 0 bridgehead atoms. The second-order valence-corrected chi connectivity index (χ2v) is 17.5. The van der Waals surface area contributed by atoms with Crippen LogP contribution in [0.15, 0.2) is 53.3 Å². The summed E-state index contributed by atoms with van der Waals surface area (Å²) < 4.78 is 18.0. The van der Waals surface area contributed by atoms with Crippen LogP contribution in [-0.4, -0.2) is 118 Å². The van der Waals surface area contributed by atoms with Gasteiger partial charge < -0.3 is 65.5 Å². The molecule has 2 aromatic carbocycles. The number of esters is 1. The van der Waals surface area contributed by atoms with Gasteiger partial charge in [0.15, 0.2) is 5.60 Å². The lowest BCUT2D eigenvalue weighted by molar-refractivity contribution is -0.172. The number of rotatable bonds is 20. The molecule has 0 saturated carbocycles. The number of hydrogen-bond acceptors (Lipinski definition) is 14. The predicted octanol–water partition coefficient (Wildman–Crippen LogP) is 3.09. The quantitative estimate of drug-likeness (QED) is 0.0483.